The fraction of sp³-hybridized carbons (Fsp3) is 0.174. The number of fused-ring (bicyclic) bond motifs is 2. The molecule has 5 rings (SSSR count). The zero-order chi connectivity index (χ0) is 22.7. The second kappa shape index (κ2) is 8.93. The number of nitrogens with zero attached hydrogens (tertiary/aromatic N) is 5. The molecule has 0 atom stereocenters. The summed E-state index contributed by atoms with van der Waals surface area (Å²) < 4.78 is 15.0. The highest BCUT2D eigenvalue weighted by Gasteiger charge is 2.25. The molecular formula is C23H21FN6O2. The average molecular weight is 432 g/mol. The van der Waals surface area contributed by atoms with E-state index in [0.29, 0.717) is 29.5 Å². The van der Waals surface area contributed by atoms with Gasteiger partial charge in [-0.2, -0.15) is 0 Å². The third kappa shape index (κ3) is 4.04. The first-order valence-electron chi connectivity index (χ1n) is 10.0. The van der Waals surface area contributed by atoms with E-state index in [9.17, 15) is 14.0 Å². The van der Waals surface area contributed by atoms with Gasteiger partial charge in [-0.3, -0.25) is 14.2 Å². The molecule has 2 aromatic carbocycles. The van der Waals surface area contributed by atoms with Crippen molar-refractivity contribution >= 4 is 22.6 Å². The Labute approximate surface area is 183 Å². The standard InChI is InChI=1S/C14H9FN2O.C9H12N4O/c15-11-7-4-8-12-13(11)14(18)17(9-16-12)10-5-2-1-3-6-10;1-6(2)13-5-12-9(14)7-3-10-4-11-8(7)13/h1-9H;3-4,6H,5H2,1-2H3,(H,12,14). The lowest BCUT2D eigenvalue weighted by Crippen LogP contribution is -2.47. The van der Waals surface area contributed by atoms with E-state index in [1.807, 2.05) is 23.1 Å². The van der Waals surface area contributed by atoms with Gasteiger partial charge in [-0.15, -0.1) is 0 Å². The van der Waals surface area contributed by atoms with Gasteiger partial charge in [0, 0.05) is 12.2 Å². The normalized spacial score (nSPS) is 12.8. The molecule has 1 amide bonds. The summed E-state index contributed by atoms with van der Waals surface area (Å²) in [5.74, 6) is 0.0755. The molecule has 0 radical (unpaired) electrons. The highest BCUT2D eigenvalue weighted by molar-refractivity contribution is 6.00. The number of carbonyl (C=O) groups is 1. The van der Waals surface area contributed by atoms with Crippen molar-refractivity contribution in [2.75, 3.05) is 11.6 Å². The summed E-state index contributed by atoms with van der Waals surface area (Å²) in [5, 5.41) is 2.79. The van der Waals surface area contributed by atoms with E-state index in [1.54, 1.807) is 24.4 Å². The van der Waals surface area contributed by atoms with Crippen molar-refractivity contribution in [2.45, 2.75) is 19.9 Å². The van der Waals surface area contributed by atoms with Crippen molar-refractivity contribution in [3.05, 3.63) is 89.1 Å². The molecule has 0 aliphatic carbocycles. The zero-order valence-corrected chi connectivity index (χ0v) is 17.6. The number of anilines is 1. The van der Waals surface area contributed by atoms with Gasteiger partial charge >= 0.3 is 0 Å². The van der Waals surface area contributed by atoms with Crippen molar-refractivity contribution in [2.24, 2.45) is 0 Å². The summed E-state index contributed by atoms with van der Waals surface area (Å²) in [6.45, 7) is 4.63. The monoisotopic (exact) mass is 432 g/mol. The van der Waals surface area contributed by atoms with Gasteiger partial charge < -0.3 is 10.2 Å². The Morgan fingerprint density at radius 2 is 1.81 bits per heavy atom. The maximum atomic E-state index is 13.7. The summed E-state index contributed by atoms with van der Waals surface area (Å²) in [6, 6.07) is 13.8. The van der Waals surface area contributed by atoms with Crippen LogP contribution in [0, 0.1) is 5.82 Å². The van der Waals surface area contributed by atoms with Crippen LogP contribution in [0.2, 0.25) is 0 Å². The Balaban J connectivity index is 0.000000158. The van der Waals surface area contributed by atoms with Gasteiger partial charge in [-0.25, -0.2) is 19.3 Å². The van der Waals surface area contributed by atoms with Crippen molar-refractivity contribution in [3.8, 4) is 5.69 Å². The first kappa shape index (κ1) is 21.1. The predicted octanol–water partition coefficient (Wildman–Crippen LogP) is 2.92. The summed E-state index contributed by atoms with van der Waals surface area (Å²) >= 11 is 0. The molecule has 0 fully saturated rings. The number of halogens is 1. The number of carbonyl (C=O) groups excluding carboxylic acids is 1. The summed E-state index contributed by atoms with van der Waals surface area (Å²) in [6.07, 6.45) is 4.43. The van der Waals surface area contributed by atoms with Crippen LogP contribution in [-0.4, -0.2) is 38.1 Å². The number of hydrogen-bond donors (Lipinski definition) is 1. The largest absolute Gasteiger partial charge is 0.336 e. The second-order valence-electron chi connectivity index (χ2n) is 7.38. The fourth-order valence-electron chi connectivity index (χ4n) is 3.36. The SMILES string of the molecule is CC(C)N1CNC(=O)c2cncnc21.O=c1c2c(F)cccc2ncn1-c1ccccc1. The van der Waals surface area contributed by atoms with E-state index in [-0.39, 0.29) is 11.3 Å². The van der Waals surface area contributed by atoms with Crippen LogP contribution in [0.1, 0.15) is 24.2 Å². The van der Waals surface area contributed by atoms with Gasteiger partial charge in [0.2, 0.25) is 0 Å². The summed E-state index contributed by atoms with van der Waals surface area (Å²) in [5.41, 5.74) is 1.18. The van der Waals surface area contributed by atoms with Gasteiger partial charge in [0.05, 0.1) is 17.9 Å². The Kier molecular flexibility index (Phi) is 5.89. The number of benzene rings is 2. The van der Waals surface area contributed by atoms with Gasteiger partial charge in [-0.1, -0.05) is 24.3 Å². The first-order valence-corrected chi connectivity index (χ1v) is 10.0. The molecule has 162 valence electrons. The Morgan fingerprint density at radius 1 is 1.03 bits per heavy atom. The minimum atomic E-state index is -0.546. The Bertz CT molecular complexity index is 1320. The molecule has 0 saturated heterocycles. The molecular weight excluding hydrogens is 411 g/mol. The molecule has 1 aliphatic heterocycles. The topological polar surface area (TPSA) is 93.0 Å². The smallest absolute Gasteiger partial charge is 0.268 e. The molecule has 1 N–H and O–H groups in total. The summed E-state index contributed by atoms with van der Waals surface area (Å²) in [4.78, 5) is 37.8. The van der Waals surface area contributed by atoms with Crippen molar-refractivity contribution in [3.63, 3.8) is 0 Å². The highest BCUT2D eigenvalue weighted by Crippen LogP contribution is 2.20. The maximum Gasteiger partial charge on any atom is 0.268 e. The lowest BCUT2D eigenvalue weighted by Gasteiger charge is -2.32. The summed E-state index contributed by atoms with van der Waals surface area (Å²) in [7, 11) is 0. The van der Waals surface area contributed by atoms with E-state index in [4.69, 9.17) is 0 Å². The van der Waals surface area contributed by atoms with Gasteiger partial charge in [0.1, 0.15) is 35.2 Å². The maximum absolute atomic E-state index is 13.7. The van der Waals surface area contributed by atoms with Gasteiger partial charge in [0.25, 0.3) is 11.5 Å². The number of para-hydroxylation sites is 1. The van der Waals surface area contributed by atoms with Crippen molar-refractivity contribution in [1.29, 1.82) is 0 Å². The van der Waals surface area contributed by atoms with Crippen molar-refractivity contribution in [1.82, 2.24) is 24.8 Å². The predicted molar refractivity (Wildman–Crippen MR) is 119 cm³/mol. The number of rotatable bonds is 2. The Hall–Kier alpha value is -4.14. The second-order valence-corrected chi connectivity index (χ2v) is 7.38. The number of amides is 1. The third-order valence-corrected chi connectivity index (χ3v) is 5.01. The minimum absolute atomic E-state index is 0.0175. The van der Waals surface area contributed by atoms with Crippen LogP contribution in [0.15, 0.2) is 72.2 Å². The molecule has 0 spiro atoms. The molecule has 3 heterocycles. The van der Waals surface area contributed by atoms with Crippen LogP contribution in [0.5, 0.6) is 0 Å². The number of hydrogen-bond acceptors (Lipinski definition) is 6. The van der Waals surface area contributed by atoms with Crippen LogP contribution >= 0.6 is 0 Å². The average Bonchev–Trinajstić information content (AvgIpc) is 2.80. The zero-order valence-electron chi connectivity index (χ0n) is 17.6. The highest BCUT2D eigenvalue weighted by atomic mass is 19.1. The third-order valence-electron chi connectivity index (χ3n) is 5.01. The molecule has 0 saturated carbocycles. The van der Waals surface area contributed by atoms with Crippen LogP contribution in [0.4, 0.5) is 10.2 Å². The molecule has 2 aromatic heterocycles. The quantitative estimate of drug-likeness (QED) is 0.524. The van der Waals surface area contributed by atoms with E-state index in [2.05, 4.69) is 34.1 Å². The minimum Gasteiger partial charge on any atom is -0.336 e. The molecule has 0 unspecified atom stereocenters. The molecule has 1 aliphatic rings. The molecule has 4 aromatic rings. The van der Waals surface area contributed by atoms with E-state index < -0.39 is 11.4 Å². The van der Waals surface area contributed by atoms with Gasteiger partial charge in [0.15, 0.2) is 0 Å². The van der Waals surface area contributed by atoms with E-state index in [1.165, 1.54) is 29.4 Å². The lowest BCUT2D eigenvalue weighted by atomic mass is 10.2. The molecule has 8 nitrogen and oxygen atoms in total. The molecule has 32 heavy (non-hydrogen) atoms. The van der Waals surface area contributed by atoms with Crippen molar-refractivity contribution < 1.29 is 9.18 Å². The fourth-order valence-corrected chi connectivity index (χ4v) is 3.36. The molecule has 0 bridgehead atoms. The molecule has 9 heteroatoms. The van der Waals surface area contributed by atoms with Crippen LogP contribution in [-0.2, 0) is 0 Å². The van der Waals surface area contributed by atoms with Crippen LogP contribution in [0.25, 0.3) is 16.6 Å². The Morgan fingerprint density at radius 3 is 2.56 bits per heavy atom. The first-order chi connectivity index (χ1) is 15.5. The van der Waals surface area contributed by atoms with E-state index >= 15 is 0 Å². The van der Waals surface area contributed by atoms with E-state index in [0.717, 1.165) is 5.82 Å². The number of nitrogens with one attached hydrogen (secondary N) is 1. The van der Waals surface area contributed by atoms with Crippen LogP contribution < -0.4 is 15.8 Å². The lowest BCUT2D eigenvalue weighted by molar-refractivity contribution is 0.0945. The van der Waals surface area contributed by atoms with Gasteiger partial charge in [-0.05, 0) is 38.1 Å². The number of aromatic nitrogens is 4. The van der Waals surface area contributed by atoms with Crippen LogP contribution in [0.3, 0.4) is 0 Å².